The van der Waals surface area contributed by atoms with Crippen LogP contribution in [-0.4, -0.2) is 54.6 Å². The second-order valence-electron chi connectivity index (χ2n) is 5.45. The first-order valence-electron chi connectivity index (χ1n) is 6.62. The zero-order chi connectivity index (χ0) is 12.4. The topological polar surface area (TPSA) is 40.5 Å². The van der Waals surface area contributed by atoms with E-state index >= 15 is 0 Å². The minimum atomic E-state index is -0.574. The molecular weight excluding hydrogens is 202 g/mol. The van der Waals surface area contributed by atoms with Crippen molar-refractivity contribution < 1.29 is 14.7 Å². The van der Waals surface area contributed by atoms with Crippen LogP contribution in [0.3, 0.4) is 0 Å². The molecule has 3 heteroatoms. The number of aliphatic hydroxyl groups excluding tert-OH is 2. The number of quaternary nitrogens is 1. The Balaban J connectivity index is 3.50. The highest BCUT2D eigenvalue weighted by molar-refractivity contribution is 4.51. The standard InChI is InChI=1S/C13H30NO2/c1-4-5-6-7-8-9-10-14(2,3)11-13(16)12-15/h13,15-16H,4-12H2,1-3H3/q+1. The van der Waals surface area contributed by atoms with Crippen molar-refractivity contribution in [2.45, 2.75) is 51.6 Å². The molecule has 0 saturated heterocycles. The Morgan fingerprint density at radius 1 is 1.00 bits per heavy atom. The van der Waals surface area contributed by atoms with E-state index in [4.69, 9.17) is 5.11 Å². The highest BCUT2D eigenvalue weighted by atomic mass is 16.3. The molecule has 0 radical (unpaired) electrons. The van der Waals surface area contributed by atoms with Crippen molar-refractivity contribution in [1.82, 2.24) is 0 Å². The fourth-order valence-corrected chi connectivity index (χ4v) is 2.04. The molecule has 2 N–H and O–H groups in total. The van der Waals surface area contributed by atoms with Gasteiger partial charge in [0.2, 0.25) is 0 Å². The van der Waals surface area contributed by atoms with Gasteiger partial charge in [-0.1, -0.05) is 32.6 Å². The minimum absolute atomic E-state index is 0.127. The molecule has 0 aromatic heterocycles. The van der Waals surface area contributed by atoms with Gasteiger partial charge in [-0.2, -0.15) is 0 Å². The van der Waals surface area contributed by atoms with Gasteiger partial charge in [-0.3, -0.25) is 0 Å². The second kappa shape index (κ2) is 8.97. The quantitative estimate of drug-likeness (QED) is 0.445. The van der Waals surface area contributed by atoms with E-state index in [1.54, 1.807) is 0 Å². The van der Waals surface area contributed by atoms with Gasteiger partial charge in [0.25, 0.3) is 0 Å². The summed E-state index contributed by atoms with van der Waals surface area (Å²) in [6, 6.07) is 0. The third-order valence-corrected chi connectivity index (χ3v) is 3.03. The Labute approximate surface area is 101 Å². The maximum absolute atomic E-state index is 9.40. The molecule has 0 heterocycles. The summed E-state index contributed by atoms with van der Waals surface area (Å²) in [5, 5.41) is 18.2. The van der Waals surface area contributed by atoms with Gasteiger partial charge >= 0.3 is 0 Å². The first-order chi connectivity index (χ1) is 7.52. The van der Waals surface area contributed by atoms with E-state index in [2.05, 4.69) is 21.0 Å². The Morgan fingerprint density at radius 2 is 1.56 bits per heavy atom. The lowest BCUT2D eigenvalue weighted by Crippen LogP contribution is -2.46. The molecule has 0 rings (SSSR count). The molecule has 0 saturated carbocycles. The van der Waals surface area contributed by atoms with Gasteiger partial charge in [-0.05, 0) is 12.8 Å². The Bertz CT molecular complexity index is 160. The van der Waals surface area contributed by atoms with Crippen LogP contribution in [0.15, 0.2) is 0 Å². The zero-order valence-electron chi connectivity index (χ0n) is 11.3. The summed E-state index contributed by atoms with van der Waals surface area (Å²) >= 11 is 0. The number of rotatable bonds is 10. The number of aliphatic hydroxyl groups is 2. The van der Waals surface area contributed by atoms with E-state index in [1.165, 1.54) is 38.5 Å². The smallest absolute Gasteiger partial charge is 0.126 e. The fourth-order valence-electron chi connectivity index (χ4n) is 2.04. The van der Waals surface area contributed by atoms with Crippen molar-refractivity contribution in [2.24, 2.45) is 0 Å². The second-order valence-corrected chi connectivity index (χ2v) is 5.45. The van der Waals surface area contributed by atoms with Crippen LogP contribution in [0, 0.1) is 0 Å². The van der Waals surface area contributed by atoms with Crippen molar-refractivity contribution in [3.05, 3.63) is 0 Å². The van der Waals surface area contributed by atoms with Crippen molar-refractivity contribution in [2.75, 3.05) is 33.8 Å². The number of hydrogen-bond acceptors (Lipinski definition) is 2. The molecule has 0 aliphatic rings. The van der Waals surface area contributed by atoms with Crippen LogP contribution in [0.5, 0.6) is 0 Å². The molecule has 0 spiro atoms. The molecule has 0 bridgehead atoms. The lowest BCUT2D eigenvalue weighted by Gasteiger charge is -2.31. The summed E-state index contributed by atoms with van der Waals surface area (Å²) in [5.41, 5.74) is 0. The molecule has 16 heavy (non-hydrogen) atoms. The molecular formula is C13H30NO2+. The maximum Gasteiger partial charge on any atom is 0.126 e. The van der Waals surface area contributed by atoms with Crippen molar-refractivity contribution in [1.29, 1.82) is 0 Å². The molecule has 98 valence electrons. The van der Waals surface area contributed by atoms with Crippen LogP contribution in [0.2, 0.25) is 0 Å². The van der Waals surface area contributed by atoms with E-state index < -0.39 is 6.10 Å². The van der Waals surface area contributed by atoms with E-state index in [1.807, 2.05) is 0 Å². The van der Waals surface area contributed by atoms with Gasteiger partial charge in [-0.15, -0.1) is 0 Å². The Morgan fingerprint density at radius 3 is 2.12 bits per heavy atom. The molecule has 0 aromatic carbocycles. The van der Waals surface area contributed by atoms with E-state index in [0.717, 1.165) is 11.0 Å². The number of unbranched alkanes of at least 4 members (excludes halogenated alkanes) is 5. The van der Waals surface area contributed by atoms with E-state index in [9.17, 15) is 5.11 Å². The highest BCUT2D eigenvalue weighted by Crippen LogP contribution is 2.08. The third-order valence-electron chi connectivity index (χ3n) is 3.03. The van der Waals surface area contributed by atoms with Gasteiger partial charge in [0, 0.05) is 0 Å². The van der Waals surface area contributed by atoms with Crippen LogP contribution in [0.1, 0.15) is 45.4 Å². The van der Waals surface area contributed by atoms with Gasteiger partial charge in [0.05, 0.1) is 27.2 Å². The van der Waals surface area contributed by atoms with Gasteiger partial charge < -0.3 is 14.7 Å². The molecule has 0 fully saturated rings. The van der Waals surface area contributed by atoms with Crippen molar-refractivity contribution in [3.8, 4) is 0 Å². The van der Waals surface area contributed by atoms with Crippen LogP contribution in [0.25, 0.3) is 0 Å². The monoisotopic (exact) mass is 232 g/mol. The normalized spacial score (nSPS) is 14.1. The number of hydrogen-bond donors (Lipinski definition) is 2. The van der Waals surface area contributed by atoms with Crippen LogP contribution in [0.4, 0.5) is 0 Å². The summed E-state index contributed by atoms with van der Waals surface area (Å²) in [4.78, 5) is 0. The average Bonchev–Trinajstić information content (AvgIpc) is 2.22. The fraction of sp³-hybridized carbons (Fsp3) is 1.00. The zero-order valence-corrected chi connectivity index (χ0v) is 11.3. The SMILES string of the molecule is CCCCCCCC[N+](C)(C)CC(O)CO. The summed E-state index contributed by atoms with van der Waals surface area (Å²) in [6.07, 6.45) is 7.26. The number of nitrogens with zero attached hydrogens (tertiary/aromatic N) is 1. The predicted molar refractivity (Wildman–Crippen MR) is 68.3 cm³/mol. The molecule has 0 aromatic rings. The molecule has 0 aliphatic carbocycles. The highest BCUT2D eigenvalue weighted by Gasteiger charge is 2.19. The largest absolute Gasteiger partial charge is 0.393 e. The third kappa shape index (κ3) is 9.13. The molecule has 1 atom stereocenters. The Kier molecular flexibility index (Phi) is 8.90. The van der Waals surface area contributed by atoms with E-state index in [0.29, 0.717) is 6.54 Å². The average molecular weight is 232 g/mol. The molecule has 3 nitrogen and oxygen atoms in total. The minimum Gasteiger partial charge on any atom is -0.393 e. The Hall–Kier alpha value is -0.120. The lowest BCUT2D eigenvalue weighted by molar-refractivity contribution is -0.893. The molecule has 0 aliphatic heterocycles. The van der Waals surface area contributed by atoms with Crippen LogP contribution >= 0.6 is 0 Å². The van der Waals surface area contributed by atoms with Crippen molar-refractivity contribution >= 4 is 0 Å². The molecule has 1 unspecified atom stereocenters. The first kappa shape index (κ1) is 15.9. The summed E-state index contributed by atoms with van der Waals surface area (Å²) in [5.74, 6) is 0. The summed E-state index contributed by atoms with van der Waals surface area (Å²) in [7, 11) is 4.23. The lowest BCUT2D eigenvalue weighted by atomic mass is 10.1. The van der Waals surface area contributed by atoms with Gasteiger partial charge in [-0.25, -0.2) is 0 Å². The van der Waals surface area contributed by atoms with E-state index in [-0.39, 0.29) is 6.61 Å². The first-order valence-corrected chi connectivity index (χ1v) is 6.62. The molecule has 0 amide bonds. The van der Waals surface area contributed by atoms with Gasteiger partial charge in [0.1, 0.15) is 12.6 Å². The maximum atomic E-state index is 9.40. The predicted octanol–water partition coefficient (Wildman–Crippen LogP) is 1.78. The van der Waals surface area contributed by atoms with Crippen molar-refractivity contribution in [3.63, 3.8) is 0 Å². The van der Waals surface area contributed by atoms with Gasteiger partial charge in [0.15, 0.2) is 0 Å². The number of likely N-dealkylation sites (N-methyl/N-ethyl adjacent to an activating group) is 1. The summed E-state index contributed by atoms with van der Waals surface area (Å²) in [6.45, 7) is 3.84. The van der Waals surface area contributed by atoms with Crippen LogP contribution < -0.4 is 0 Å². The van der Waals surface area contributed by atoms with Crippen LogP contribution in [-0.2, 0) is 0 Å². The summed E-state index contributed by atoms with van der Waals surface area (Å²) < 4.78 is 0.801.